The lowest BCUT2D eigenvalue weighted by Gasteiger charge is -1.98. The van der Waals surface area contributed by atoms with Gasteiger partial charge in [-0.1, -0.05) is 0 Å². The SMILES string of the molecule is CS(=O)(=O)CCc1c[nH]c2ccc(F)cc12. The highest BCUT2D eigenvalue weighted by molar-refractivity contribution is 7.90. The fourth-order valence-electron chi connectivity index (χ4n) is 1.65. The van der Waals surface area contributed by atoms with Crippen molar-refractivity contribution in [1.82, 2.24) is 4.98 Å². The maximum absolute atomic E-state index is 13.0. The number of nitrogens with one attached hydrogen (secondary N) is 1. The van der Waals surface area contributed by atoms with Crippen LogP contribution in [0.1, 0.15) is 5.56 Å². The molecular formula is C11H12FNO2S. The van der Waals surface area contributed by atoms with Gasteiger partial charge in [-0.2, -0.15) is 0 Å². The molecule has 2 aromatic rings. The number of H-pyrrole nitrogens is 1. The van der Waals surface area contributed by atoms with Gasteiger partial charge >= 0.3 is 0 Å². The van der Waals surface area contributed by atoms with Crippen molar-refractivity contribution >= 4 is 20.7 Å². The van der Waals surface area contributed by atoms with Crippen LogP contribution < -0.4 is 0 Å². The minimum absolute atomic E-state index is 0.0798. The Bertz CT molecular complexity index is 616. The second-order valence-electron chi connectivity index (χ2n) is 3.88. The first-order valence-electron chi connectivity index (χ1n) is 4.89. The molecule has 0 spiro atoms. The Kier molecular flexibility index (Phi) is 2.71. The van der Waals surface area contributed by atoms with Crippen LogP contribution >= 0.6 is 0 Å². The molecule has 0 aliphatic rings. The Morgan fingerprint density at radius 2 is 2.12 bits per heavy atom. The number of aromatic amines is 1. The van der Waals surface area contributed by atoms with Gasteiger partial charge in [0.15, 0.2) is 0 Å². The molecule has 16 heavy (non-hydrogen) atoms. The molecule has 1 aromatic carbocycles. The smallest absolute Gasteiger partial charge is 0.147 e. The van der Waals surface area contributed by atoms with E-state index in [9.17, 15) is 12.8 Å². The van der Waals surface area contributed by atoms with Gasteiger partial charge in [0.25, 0.3) is 0 Å². The first-order chi connectivity index (χ1) is 7.46. The lowest BCUT2D eigenvalue weighted by molar-refractivity contribution is 0.601. The molecule has 1 aromatic heterocycles. The van der Waals surface area contributed by atoms with Gasteiger partial charge in [0.05, 0.1) is 5.75 Å². The molecule has 0 fully saturated rings. The van der Waals surface area contributed by atoms with Crippen molar-refractivity contribution in [2.24, 2.45) is 0 Å². The van der Waals surface area contributed by atoms with Crippen LogP contribution in [0.15, 0.2) is 24.4 Å². The highest BCUT2D eigenvalue weighted by Gasteiger charge is 2.08. The molecule has 0 aliphatic heterocycles. The Hall–Kier alpha value is -1.36. The third-order valence-electron chi connectivity index (χ3n) is 2.47. The molecule has 1 N–H and O–H groups in total. The van der Waals surface area contributed by atoms with E-state index in [1.165, 1.54) is 18.4 Å². The Labute approximate surface area is 93.2 Å². The summed E-state index contributed by atoms with van der Waals surface area (Å²) in [6, 6.07) is 4.44. The molecule has 1 heterocycles. The highest BCUT2D eigenvalue weighted by Crippen LogP contribution is 2.20. The molecule has 0 saturated carbocycles. The molecule has 0 unspecified atom stereocenters. The van der Waals surface area contributed by atoms with Gasteiger partial charge < -0.3 is 4.98 Å². The molecule has 0 atom stereocenters. The zero-order valence-electron chi connectivity index (χ0n) is 8.83. The van der Waals surface area contributed by atoms with Crippen molar-refractivity contribution in [3.63, 3.8) is 0 Å². The van der Waals surface area contributed by atoms with Crippen molar-refractivity contribution in [3.05, 3.63) is 35.8 Å². The van der Waals surface area contributed by atoms with Crippen molar-refractivity contribution < 1.29 is 12.8 Å². The Morgan fingerprint density at radius 3 is 2.81 bits per heavy atom. The van der Waals surface area contributed by atoms with Crippen LogP contribution in [0.5, 0.6) is 0 Å². The van der Waals surface area contributed by atoms with Gasteiger partial charge in [-0.05, 0) is 30.2 Å². The van der Waals surface area contributed by atoms with Crippen LogP contribution in [-0.2, 0) is 16.3 Å². The largest absolute Gasteiger partial charge is 0.361 e. The summed E-state index contributed by atoms with van der Waals surface area (Å²) < 4.78 is 35.1. The summed E-state index contributed by atoms with van der Waals surface area (Å²) in [6.07, 6.45) is 3.33. The first kappa shape index (κ1) is 11.1. The van der Waals surface area contributed by atoms with Gasteiger partial charge in [0.1, 0.15) is 15.7 Å². The fourth-order valence-corrected chi connectivity index (χ4v) is 2.24. The number of sulfone groups is 1. The highest BCUT2D eigenvalue weighted by atomic mass is 32.2. The average molecular weight is 241 g/mol. The number of benzene rings is 1. The lowest BCUT2D eigenvalue weighted by Crippen LogP contribution is -2.05. The van der Waals surface area contributed by atoms with Crippen LogP contribution in [-0.4, -0.2) is 25.4 Å². The first-order valence-corrected chi connectivity index (χ1v) is 6.95. The lowest BCUT2D eigenvalue weighted by atomic mass is 10.1. The third-order valence-corrected chi connectivity index (χ3v) is 3.42. The number of hydrogen-bond acceptors (Lipinski definition) is 2. The van der Waals surface area contributed by atoms with E-state index >= 15 is 0 Å². The Balaban J connectivity index is 2.34. The van der Waals surface area contributed by atoms with Crippen LogP contribution in [0.3, 0.4) is 0 Å². The predicted octanol–water partition coefficient (Wildman–Crippen LogP) is 1.89. The van der Waals surface area contributed by atoms with Gasteiger partial charge in [-0.15, -0.1) is 0 Å². The normalized spacial score (nSPS) is 12.1. The number of rotatable bonds is 3. The summed E-state index contributed by atoms with van der Waals surface area (Å²) in [5.74, 6) is -0.232. The predicted molar refractivity (Wildman–Crippen MR) is 61.7 cm³/mol. The topological polar surface area (TPSA) is 49.9 Å². The summed E-state index contributed by atoms with van der Waals surface area (Å²) in [6.45, 7) is 0. The zero-order valence-corrected chi connectivity index (χ0v) is 9.64. The monoisotopic (exact) mass is 241 g/mol. The van der Waals surface area contributed by atoms with E-state index in [-0.39, 0.29) is 11.6 Å². The van der Waals surface area contributed by atoms with Crippen molar-refractivity contribution in [3.8, 4) is 0 Å². The molecule has 0 aliphatic carbocycles. The quantitative estimate of drug-likeness (QED) is 0.892. The number of halogens is 1. The van der Waals surface area contributed by atoms with Gasteiger partial charge in [-0.3, -0.25) is 0 Å². The zero-order chi connectivity index (χ0) is 11.8. The van der Waals surface area contributed by atoms with E-state index in [2.05, 4.69) is 4.98 Å². The van der Waals surface area contributed by atoms with Crippen molar-refractivity contribution in [2.45, 2.75) is 6.42 Å². The van der Waals surface area contributed by atoms with E-state index in [1.54, 1.807) is 12.3 Å². The maximum Gasteiger partial charge on any atom is 0.147 e. The summed E-state index contributed by atoms with van der Waals surface area (Å²) >= 11 is 0. The molecule has 0 radical (unpaired) electrons. The standard InChI is InChI=1S/C11H12FNO2S/c1-16(14,15)5-4-8-7-13-11-3-2-9(12)6-10(8)11/h2-3,6-7,13H,4-5H2,1H3. The molecule has 86 valence electrons. The number of hydrogen-bond donors (Lipinski definition) is 1. The van der Waals surface area contributed by atoms with Crippen LogP contribution in [0, 0.1) is 5.82 Å². The van der Waals surface area contributed by atoms with Crippen molar-refractivity contribution in [2.75, 3.05) is 12.0 Å². The maximum atomic E-state index is 13.0. The summed E-state index contributed by atoms with van der Waals surface area (Å²) in [7, 11) is -2.99. The van der Waals surface area contributed by atoms with Gasteiger partial charge in [0, 0.05) is 23.4 Å². The molecule has 0 bridgehead atoms. The minimum atomic E-state index is -2.99. The molecular weight excluding hydrogens is 229 g/mol. The van der Waals surface area contributed by atoms with E-state index in [1.807, 2.05) is 0 Å². The van der Waals surface area contributed by atoms with Crippen molar-refractivity contribution in [1.29, 1.82) is 0 Å². The third kappa shape index (κ3) is 2.41. The van der Waals surface area contributed by atoms with Gasteiger partial charge in [-0.25, -0.2) is 12.8 Å². The van der Waals surface area contributed by atoms with E-state index in [0.717, 1.165) is 16.5 Å². The fraction of sp³-hybridized carbons (Fsp3) is 0.273. The molecule has 3 nitrogen and oxygen atoms in total. The molecule has 0 saturated heterocycles. The summed E-state index contributed by atoms with van der Waals surface area (Å²) in [5.41, 5.74) is 1.66. The number of fused-ring (bicyclic) bond motifs is 1. The van der Waals surface area contributed by atoms with E-state index in [4.69, 9.17) is 0 Å². The molecule has 2 rings (SSSR count). The second-order valence-corrected chi connectivity index (χ2v) is 6.14. The van der Waals surface area contributed by atoms with E-state index in [0.29, 0.717) is 6.42 Å². The number of aromatic nitrogens is 1. The number of aryl methyl sites for hydroxylation is 1. The van der Waals surface area contributed by atoms with Crippen LogP contribution in [0.4, 0.5) is 4.39 Å². The van der Waals surface area contributed by atoms with Gasteiger partial charge in [0.2, 0.25) is 0 Å². The second kappa shape index (κ2) is 3.90. The Morgan fingerprint density at radius 1 is 1.38 bits per heavy atom. The molecule has 0 amide bonds. The van der Waals surface area contributed by atoms with E-state index < -0.39 is 9.84 Å². The summed E-state index contributed by atoms with van der Waals surface area (Å²) in [5, 5.41) is 0.753. The summed E-state index contributed by atoms with van der Waals surface area (Å²) in [4.78, 5) is 2.99. The molecule has 5 heteroatoms. The average Bonchev–Trinajstić information content (AvgIpc) is 2.56. The minimum Gasteiger partial charge on any atom is -0.361 e. The van der Waals surface area contributed by atoms with Crippen LogP contribution in [0.25, 0.3) is 10.9 Å². The van der Waals surface area contributed by atoms with Crippen LogP contribution in [0.2, 0.25) is 0 Å².